The molecule has 1 N–H and O–H groups in total. The van der Waals surface area contributed by atoms with Gasteiger partial charge in [0.05, 0.1) is 7.11 Å². The number of methoxy groups -OCH3 is 1. The molecule has 110 valence electrons. The second-order valence-electron chi connectivity index (χ2n) is 5.47. The van der Waals surface area contributed by atoms with Crippen molar-refractivity contribution in [1.29, 1.82) is 0 Å². The van der Waals surface area contributed by atoms with E-state index >= 15 is 0 Å². The van der Waals surface area contributed by atoms with Gasteiger partial charge in [-0.25, -0.2) is 0 Å². The molecule has 1 aliphatic heterocycles. The third-order valence-electron chi connectivity index (χ3n) is 4.21. The molecule has 21 heavy (non-hydrogen) atoms. The molecule has 0 fully saturated rings. The van der Waals surface area contributed by atoms with E-state index in [0.717, 1.165) is 25.3 Å². The van der Waals surface area contributed by atoms with E-state index in [1.165, 1.54) is 16.7 Å². The maximum absolute atomic E-state index is 9.42. The van der Waals surface area contributed by atoms with E-state index in [4.69, 9.17) is 4.74 Å². The summed E-state index contributed by atoms with van der Waals surface area (Å²) in [7, 11) is 1.68. The number of rotatable bonds is 5. The number of aliphatic hydroxyl groups excluding tert-OH is 1. The van der Waals surface area contributed by atoms with Gasteiger partial charge >= 0.3 is 0 Å². The molecule has 2 aromatic rings. The van der Waals surface area contributed by atoms with Crippen LogP contribution in [-0.2, 0) is 13.1 Å². The van der Waals surface area contributed by atoms with E-state index < -0.39 is 0 Å². The van der Waals surface area contributed by atoms with Crippen molar-refractivity contribution in [2.24, 2.45) is 0 Å². The maximum atomic E-state index is 9.42. The lowest BCUT2D eigenvalue weighted by atomic mass is 10.0. The zero-order valence-electron chi connectivity index (χ0n) is 12.3. The minimum Gasteiger partial charge on any atom is -0.497 e. The van der Waals surface area contributed by atoms with Gasteiger partial charge in [0.15, 0.2) is 0 Å². The fourth-order valence-corrected chi connectivity index (χ4v) is 3.09. The molecule has 0 amide bonds. The highest BCUT2D eigenvalue weighted by atomic mass is 16.5. The number of ether oxygens (including phenoxy) is 1. The molecule has 2 aromatic carbocycles. The average molecular weight is 283 g/mol. The second-order valence-corrected chi connectivity index (χ2v) is 5.47. The normalized spacial score (nSPS) is 15.7. The van der Waals surface area contributed by atoms with Crippen LogP contribution in [0.3, 0.4) is 0 Å². The summed E-state index contributed by atoms with van der Waals surface area (Å²) in [6.45, 7) is 2.10. The Kier molecular flexibility index (Phi) is 4.23. The number of nitrogens with zero attached hydrogens (tertiary/aromatic N) is 1. The summed E-state index contributed by atoms with van der Waals surface area (Å²) in [5, 5.41) is 9.42. The summed E-state index contributed by atoms with van der Waals surface area (Å²) in [5.74, 6) is 0.867. The summed E-state index contributed by atoms with van der Waals surface area (Å²) in [4.78, 5) is 2.43. The van der Waals surface area contributed by atoms with Crippen LogP contribution in [0.15, 0.2) is 48.5 Å². The Balaban J connectivity index is 1.82. The van der Waals surface area contributed by atoms with Gasteiger partial charge in [-0.15, -0.1) is 0 Å². The van der Waals surface area contributed by atoms with Gasteiger partial charge in [0, 0.05) is 25.7 Å². The van der Waals surface area contributed by atoms with Crippen molar-refractivity contribution in [3.63, 3.8) is 0 Å². The first-order chi connectivity index (χ1) is 10.3. The predicted molar refractivity (Wildman–Crippen MR) is 83.1 cm³/mol. The molecular formula is C18H21NO2. The van der Waals surface area contributed by atoms with Gasteiger partial charge in [-0.2, -0.15) is 0 Å². The molecule has 1 atom stereocenters. The van der Waals surface area contributed by atoms with E-state index in [9.17, 15) is 5.11 Å². The molecule has 0 aliphatic carbocycles. The van der Waals surface area contributed by atoms with E-state index in [1.807, 2.05) is 12.1 Å². The second kappa shape index (κ2) is 6.29. The molecule has 1 aliphatic rings. The molecule has 0 spiro atoms. The summed E-state index contributed by atoms with van der Waals surface area (Å²) in [6.07, 6.45) is 0.750. The molecule has 1 heterocycles. The van der Waals surface area contributed by atoms with E-state index in [0.29, 0.717) is 0 Å². The van der Waals surface area contributed by atoms with E-state index in [1.54, 1.807) is 7.11 Å². The van der Waals surface area contributed by atoms with Crippen molar-refractivity contribution in [3.05, 3.63) is 65.2 Å². The van der Waals surface area contributed by atoms with Crippen LogP contribution in [-0.4, -0.2) is 23.7 Å². The highest BCUT2D eigenvalue weighted by Gasteiger charge is 2.26. The van der Waals surface area contributed by atoms with Crippen molar-refractivity contribution >= 4 is 0 Å². The Morgan fingerprint density at radius 2 is 1.67 bits per heavy atom. The first-order valence-electron chi connectivity index (χ1n) is 7.37. The zero-order valence-corrected chi connectivity index (χ0v) is 12.3. The first kappa shape index (κ1) is 14.1. The molecule has 0 bridgehead atoms. The lowest BCUT2D eigenvalue weighted by Crippen LogP contribution is -2.24. The molecule has 0 saturated carbocycles. The van der Waals surface area contributed by atoms with Gasteiger partial charge in [-0.05, 0) is 35.2 Å². The van der Waals surface area contributed by atoms with Gasteiger partial charge in [0.25, 0.3) is 0 Å². The Labute approximate surface area is 125 Å². The third-order valence-corrected chi connectivity index (χ3v) is 4.21. The van der Waals surface area contributed by atoms with E-state index in [2.05, 4.69) is 41.3 Å². The summed E-state index contributed by atoms with van der Waals surface area (Å²) < 4.78 is 5.22. The number of benzene rings is 2. The largest absolute Gasteiger partial charge is 0.497 e. The lowest BCUT2D eigenvalue weighted by molar-refractivity contribution is 0.157. The predicted octanol–water partition coefficient (Wildman–Crippen LogP) is 3.13. The lowest BCUT2D eigenvalue weighted by Gasteiger charge is -2.27. The van der Waals surface area contributed by atoms with Crippen molar-refractivity contribution in [2.75, 3.05) is 13.7 Å². The standard InChI is InChI=1S/C18H21NO2/c1-21-17-8-6-14(7-9-17)18(10-11-20)19-12-15-4-2-3-5-16(15)13-19/h2-9,18,20H,10-13H2,1H3/t18-/m1/s1. The molecule has 0 radical (unpaired) electrons. The van der Waals surface area contributed by atoms with Crippen LogP contribution in [0.25, 0.3) is 0 Å². The smallest absolute Gasteiger partial charge is 0.118 e. The minimum atomic E-state index is 0.198. The molecule has 0 unspecified atom stereocenters. The Morgan fingerprint density at radius 3 is 2.19 bits per heavy atom. The molecule has 3 nitrogen and oxygen atoms in total. The van der Waals surface area contributed by atoms with Gasteiger partial charge in [0.1, 0.15) is 5.75 Å². The summed E-state index contributed by atoms with van der Waals surface area (Å²) in [5.41, 5.74) is 4.03. The topological polar surface area (TPSA) is 32.7 Å². The molecular weight excluding hydrogens is 262 g/mol. The fraction of sp³-hybridized carbons (Fsp3) is 0.333. The number of hydrogen-bond donors (Lipinski definition) is 1. The zero-order chi connectivity index (χ0) is 14.7. The Bertz CT molecular complexity index is 569. The van der Waals surface area contributed by atoms with Crippen LogP contribution in [0.5, 0.6) is 5.75 Å². The van der Waals surface area contributed by atoms with E-state index in [-0.39, 0.29) is 12.6 Å². The van der Waals surface area contributed by atoms with Gasteiger partial charge in [0.2, 0.25) is 0 Å². The molecule has 0 saturated heterocycles. The molecule has 3 heteroatoms. The number of hydrogen-bond acceptors (Lipinski definition) is 3. The average Bonchev–Trinajstić information content (AvgIpc) is 2.96. The Hall–Kier alpha value is -1.84. The monoisotopic (exact) mass is 283 g/mol. The first-order valence-corrected chi connectivity index (χ1v) is 7.37. The highest BCUT2D eigenvalue weighted by molar-refractivity contribution is 5.33. The van der Waals surface area contributed by atoms with Crippen LogP contribution in [0.1, 0.15) is 29.2 Å². The Morgan fingerprint density at radius 1 is 1.05 bits per heavy atom. The number of fused-ring (bicyclic) bond motifs is 1. The molecule has 3 rings (SSSR count). The van der Waals surface area contributed by atoms with Gasteiger partial charge < -0.3 is 9.84 Å². The van der Waals surface area contributed by atoms with Crippen LogP contribution < -0.4 is 4.74 Å². The van der Waals surface area contributed by atoms with Crippen molar-refractivity contribution < 1.29 is 9.84 Å². The number of aliphatic hydroxyl groups is 1. The highest BCUT2D eigenvalue weighted by Crippen LogP contribution is 2.33. The van der Waals surface area contributed by atoms with Crippen molar-refractivity contribution in [1.82, 2.24) is 4.90 Å². The van der Waals surface area contributed by atoms with Gasteiger partial charge in [-0.1, -0.05) is 36.4 Å². The van der Waals surface area contributed by atoms with Gasteiger partial charge in [-0.3, -0.25) is 4.90 Å². The molecule has 0 aromatic heterocycles. The SMILES string of the molecule is COc1ccc([C@@H](CCO)N2Cc3ccccc3C2)cc1. The minimum absolute atomic E-state index is 0.198. The third kappa shape index (κ3) is 2.94. The summed E-state index contributed by atoms with van der Waals surface area (Å²) >= 11 is 0. The van der Waals surface area contributed by atoms with Crippen molar-refractivity contribution in [2.45, 2.75) is 25.6 Å². The van der Waals surface area contributed by atoms with Crippen LogP contribution in [0, 0.1) is 0 Å². The van der Waals surface area contributed by atoms with Crippen LogP contribution in [0.2, 0.25) is 0 Å². The summed E-state index contributed by atoms with van der Waals surface area (Å²) in [6, 6.07) is 17.0. The fourth-order valence-electron chi connectivity index (χ4n) is 3.09. The van der Waals surface area contributed by atoms with Crippen LogP contribution >= 0.6 is 0 Å². The van der Waals surface area contributed by atoms with Crippen molar-refractivity contribution in [3.8, 4) is 5.75 Å². The maximum Gasteiger partial charge on any atom is 0.118 e. The quantitative estimate of drug-likeness (QED) is 0.915. The van der Waals surface area contributed by atoms with Crippen LogP contribution in [0.4, 0.5) is 0 Å².